The van der Waals surface area contributed by atoms with E-state index in [0.717, 1.165) is 16.9 Å². The predicted molar refractivity (Wildman–Crippen MR) is 109 cm³/mol. The molecule has 26 heavy (non-hydrogen) atoms. The summed E-state index contributed by atoms with van der Waals surface area (Å²) in [6.07, 6.45) is 13.5. The number of rotatable bonds is 12. The van der Waals surface area contributed by atoms with Crippen LogP contribution >= 0.6 is 0 Å². The van der Waals surface area contributed by atoms with Crippen molar-refractivity contribution in [3.05, 3.63) is 84.1 Å². The van der Waals surface area contributed by atoms with Gasteiger partial charge in [-0.2, -0.15) is 0 Å². The van der Waals surface area contributed by atoms with Crippen molar-refractivity contribution in [1.82, 2.24) is 0 Å². The van der Waals surface area contributed by atoms with Crippen molar-refractivity contribution in [2.45, 2.75) is 20.3 Å². The molecule has 0 saturated heterocycles. The summed E-state index contributed by atoms with van der Waals surface area (Å²) in [5.74, 6) is 1.83. The summed E-state index contributed by atoms with van der Waals surface area (Å²) >= 11 is 0. The lowest BCUT2D eigenvalue weighted by molar-refractivity contribution is 0.183. The number of hydrogen-bond acceptors (Lipinski definition) is 4. The number of aliphatic hydroxyl groups excluding tert-OH is 1. The summed E-state index contributed by atoms with van der Waals surface area (Å²) in [6.45, 7) is 12.1. The molecule has 0 spiro atoms. The second kappa shape index (κ2) is 13.8. The van der Waals surface area contributed by atoms with Crippen molar-refractivity contribution in [1.29, 1.82) is 0 Å². The van der Waals surface area contributed by atoms with Crippen LogP contribution in [0.3, 0.4) is 0 Å². The third-order valence-electron chi connectivity index (χ3n) is 3.62. The zero-order valence-corrected chi connectivity index (χ0v) is 16.6. The fourth-order valence-corrected chi connectivity index (χ4v) is 2.02. The van der Waals surface area contributed by atoms with Crippen LogP contribution in [0.25, 0.3) is 0 Å². The van der Waals surface area contributed by atoms with Gasteiger partial charge >= 0.3 is 0 Å². The normalized spacial score (nSPS) is 15.1. The molecule has 0 aliphatic rings. The fraction of sp³-hybridized carbons (Fsp3) is 0.364. The van der Waals surface area contributed by atoms with Gasteiger partial charge < -0.3 is 19.3 Å². The standard InChI is InChI=1S/C22H32O4/c1-8-17(3)15-22(26-7)18(4)19(13-14-21(9-2)25-6)11-10-12-20(23)16-24-5/h8-13,15,17,23H,1,4,14,16H2,2-3,5-7H3/b11-10+,19-13-,20-12+,21-9+,22-15+. The first kappa shape index (κ1) is 23.5. The first-order chi connectivity index (χ1) is 12.4. The highest BCUT2D eigenvalue weighted by Crippen LogP contribution is 2.23. The molecule has 0 aliphatic heterocycles. The van der Waals surface area contributed by atoms with E-state index in [-0.39, 0.29) is 18.3 Å². The second-order valence-corrected chi connectivity index (χ2v) is 5.58. The van der Waals surface area contributed by atoms with Crippen LogP contribution in [0.4, 0.5) is 0 Å². The van der Waals surface area contributed by atoms with E-state index in [4.69, 9.17) is 14.2 Å². The second-order valence-electron chi connectivity index (χ2n) is 5.58. The number of aliphatic hydroxyl groups is 1. The van der Waals surface area contributed by atoms with Crippen LogP contribution < -0.4 is 0 Å². The van der Waals surface area contributed by atoms with Gasteiger partial charge in [0.2, 0.25) is 0 Å². The summed E-state index contributed by atoms with van der Waals surface area (Å²) in [6, 6.07) is 0. The van der Waals surface area contributed by atoms with Crippen molar-refractivity contribution in [3.8, 4) is 0 Å². The van der Waals surface area contributed by atoms with Crippen molar-refractivity contribution in [2.24, 2.45) is 5.92 Å². The number of hydrogen-bond donors (Lipinski definition) is 1. The smallest absolute Gasteiger partial charge is 0.122 e. The summed E-state index contributed by atoms with van der Waals surface area (Å²) < 4.78 is 15.7. The van der Waals surface area contributed by atoms with E-state index in [0.29, 0.717) is 12.2 Å². The molecule has 0 fully saturated rings. The average Bonchev–Trinajstić information content (AvgIpc) is 2.64. The topological polar surface area (TPSA) is 47.9 Å². The molecule has 0 saturated carbocycles. The van der Waals surface area contributed by atoms with Gasteiger partial charge in [0.05, 0.1) is 20.0 Å². The lowest BCUT2D eigenvalue weighted by Gasteiger charge is -2.13. The van der Waals surface area contributed by atoms with E-state index >= 15 is 0 Å². The highest BCUT2D eigenvalue weighted by molar-refractivity contribution is 5.49. The average molecular weight is 360 g/mol. The minimum atomic E-state index is 0.141. The molecule has 0 aromatic rings. The first-order valence-electron chi connectivity index (χ1n) is 8.45. The molecule has 0 heterocycles. The molecular formula is C22H32O4. The maximum Gasteiger partial charge on any atom is 0.122 e. The van der Waals surface area contributed by atoms with Crippen LogP contribution in [0.2, 0.25) is 0 Å². The molecule has 0 amide bonds. The molecule has 4 heteroatoms. The SMILES string of the molecule is C=CC(C)/C=C(/OC)C(=C)C(=C\C/C(=C\C)OC)/C=C/C=C(/O)COC. The molecule has 1 atom stereocenters. The summed E-state index contributed by atoms with van der Waals surface area (Å²) in [5.41, 5.74) is 1.61. The Morgan fingerprint density at radius 3 is 2.38 bits per heavy atom. The zero-order valence-electron chi connectivity index (χ0n) is 16.6. The third-order valence-corrected chi connectivity index (χ3v) is 3.62. The number of ether oxygens (including phenoxy) is 3. The van der Waals surface area contributed by atoms with Gasteiger partial charge in [-0.3, -0.25) is 0 Å². The van der Waals surface area contributed by atoms with Gasteiger partial charge in [-0.15, -0.1) is 6.58 Å². The molecular weight excluding hydrogens is 328 g/mol. The Kier molecular flexibility index (Phi) is 12.5. The van der Waals surface area contributed by atoms with Gasteiger partial charge in [-0.25, -0.2) is 0 Å². The van der Waals surface area contributed by atoms with Gasteiger partial charge in [0.15, 0.2) is 0 Å². The van der Waals surface area contributed by atoms with E-state index in [9.17, 15) is 5.11 Å². The van der Waals surface area contributed by atoms with Crippen LogP contribution in [-0.4, -0.2) is 33.0 Å². The van der Waals surface area contributed by atoms with Gasteiger partial charge in [0.1, 0.15) is 18.1 Å². The summed E-state index contributed by atoms with van der Waals surface area (Å²) in [7, 11) is 4.79. The maximum absolute atomic E-state index is 9.67. The van der Waals surface area contributed by atoms with E-state index in [2.05, 4.69) is 13.2 Å². The molecule has 1 N–H and O–H groups in total. The van der Waals surface area contributed by atoms with Crippen LogP contribution in [0, 0.1) is 5.92 Å². The zero-order chi connectivity index (χ0) is 19.9. The Labute approximate surface area is 158 Å². The van der Waals surface area contributed by atoms with Gasteiger partial charge in [0, 0.05) is 19.1 Å². The minimum Gasteiger partial charge on any atom is -0.510 e. The Balaban J connectivity index is 5.68. The number of methoxy groups -OCH3 is 3. The minimum absolute atomic E-state index is 0.141. The van der Waals surface area contributed by atoms with E-state index in [1.807, 2.05) is 44.2 Å². The Hall–Kier alpha value is -2.46. The quantitative estimate of drug-likeness (QED) is 0.287. The molecule has 4 nitrogen and oxygen atoms in total. The van der Waals surface area contributed by atoms with Crippen LogP contribution in [0.15, 0.2) is 84.1 Å². The molecule has 1 unspecified atom stereocenters. The van der Waals surface area contributed by atoms with Crippen molar-refractivity contribution >= 4 is 0 Å². The molecule has 0 rings (SSSR count). The lowest BCUT2D eigenvalue weighted by atomic mass is 10.0. The van der Waals surface area contributed by atoms with Gasteiger partial charge in [-0.1, -0.05) is 37.8 Å². The Bertz CT molecular complexity index is 604. The lowest BCUT2D eigenvalue weighted by Crippen LogP contribution is -1.98. The van der Waals surface area contributed by atoms with Crippen molar-refractivity contribution in [3.63, 3.8) is 0 Å². The monoisotopic (exact) mass is 360 g/mol. The van der Waals surface area contributed by atoms with Crippen LogP contribution in [0.1, 0.15) is 20.3 Å². The van der Waals surface area contributed by atoms with E-state index < -0.39 is 0 Å². The van der Waals surface area contributed by atoms with Crippen LogP contribution in [0.5, 0.6) is 0 Å². The molecule has 0 aromatic heterocycles. The van der Waals surface area contributed by atoms with Crippen LogP contribution in [-0.2, 0) is 14.2 Å². The highest BCUT2D eigenvalue weighted by Gasteiger charge is 2.08. The summed E-state index contributed by atoms with van der Waals surface area (Å²) in [5, 5.41) is 9.67. The third kappa shape index (κ3) is 9.14. The van der Waals surface area contributed by atoms with E-state index in [1.165, 1.54) is 7.11 Å². The molecule has 0 radical (unpaired) electrons. The number of allylic oxidation sites excluding steroid dienone is 8. The first-order valence-corrected chi connectivity index (χ1v) is 8.45. The molecule has 0 aliphatic carbocycles. The van der Waals surface area contributed by atoms with Gasteiger partial charge in [0.25, 0.3) is 0 Å². The molecule has 0 bridgehead atoms. The Morgan fingerprint density at radius 2 is 1.88 bits per heavy atom. The van der Waals surface area contributed by atoms with Crippen molar-refractivity contribution in [2.75, 3.05) is 27.9 Å². The van der Waals surface area contributed by atoms with Gasteiger partial charge in [-0.05, 0) is 36.6 Å². The molecule has 0 aromatic carbocycles. The van der Waals surface area contributed by atoms with E-state index in [1.54, 1.807) is 26.4 Å². The Morgan fingerprint density at radius 1 is 1.19 bits per heavy atom. The molecule has 144 valence electrons. The highest BCUT2D eigenvalue weighted by atomic mass is 16.5. The predicted octanol–water partition coefficient (Wildman–Crippen LogP) is 5.41. The maximum atomic E-state index is 9.67. The van der Waals surface area contributed by atoms with Crippen molar-refractivity contribution < 1.29 is 19.3 Å². The largest absolute Gasteiger partial charge is 0.510 e. The summed E-state index contributed by atoms with van der Waals surface area (Å²) in [4.78, 5) is 0. The fourth-order valence-electron chi connectivity index (χ4n) is 2.02.